The third-order valence-electron chi connectivity index (χ3n) is 2.90. The Labute approximate surface area is 95.1 Å². The van der Waals surface area contributed by atoms with E-state index in [9.17, 15) is 13.9 Å². The van der Waals surface area contributed by atoms with Gasteiger partial charge in [-0.1, -0.05) is 26.3 Å². The van der Waals surface area contributed by atoms with Crippen LogP contribution in [0.15, 0.2) is 12.1 Å². The summed E-state index contributed by atoms with van der Waals surface area (Å²) in [5.41, 5.74) is 0.167. The van der Waals surface area contributed by atoms with Gasteiger partial charge < -0.3 is 5.11 Å². The fraction of sp³-hybridized carbons (Fsp3) is 0.538. The SMILES string of the molecule is CCCC(C)C(O)c1c(F)ccc(C)c1F. The number of hydrogen-bond acceptors (Lipinski definition) is 1. The molecule has 0 saturated heterocycles. The Morgan fingerprint density at radius 2 is 1.94 bits per heavy atom. The van der Waals surface area contributed by atoms with Crippen LogP contribution in [-0.2, 0) is 0 Å². The Morgan fingerprint density at radius 3 is 2.50 bits per heavy atom. The van der Waals surface area contributed by atoms with Gasteiger partial charge in [-0.3, -0.25) is 0 Å². The van der Waals surface area contributed by atoms with E-state index in [2.05, 4.69) is 0 Å². The van der Waals surface area contributed by atoms with Crippen molar-refractivity contribution in [2.45, 2.75) is 39.7 Å². The van der Waals surface area contributed by atoms with E-state index in [1.807, 2.05) is 6.92 Å². The standard InChI is InChI=1S/C13H18F2O/c1-4-5-9(3)13(16)11-10(14)7-6-8(2)12(11)15/h6-7,9,13,16H,4-5H2,1-3H3. The number of hydrogen-bond donors (Lipinski definition) is 1. The molecule has 0 aliphatic carbocycles. The van der Waals surface area contributed by atoms with Crippen molar-refractivity contribution in [3.63, 3.8) is 0 Å². The minimum Gasteiger partial charge on any atom is -0.388 e. The molecule has 2 unspecified atom stereocenters. The quantitative estimate of drug-likeness (QED) is 0.832. The zero-order valence-electron chi connectivity index (χ0n) is 9.93. The number of halogens is 2. The van der Waals surface area contributed by atoms with Gasteiger partial charge in [0.25, 0.3) is 0 Å². The zero-order valence-corrected chi connectivity index (χ0v) is 9.93. The molecule has 0 aliphatic heterocycles. The van der Waals surface area contributed by atoms with Crippen molar-refractivity contribution in [2.75, 3.05) is 0 Å². The summed E-state index contributed by atoms with van der Waals surface area (Å²) in [5, 5.41) is 9.93. The molecule has 1 aromatic carbocycles. The first-order valence-electron chi connectivity index (χ1n) is 5.61. The maximum Gasteiger partial charge on any atom is 0.134 e. The fourth-order valence-corrected chi connectivity index (χ4v) is 1.85. The van der Waals surface area contributed by atoms with Gasteiger partial charge in [-0.05, 0) is 30.9 Å². The Hall–Kier alpha value is -0.960. The molecular formula is C13H18F2O. The highest BCUT2D eigenvalue weighted by Gasteiger charge is 2.23. The molecule has 0 saturated carbocycles. The highest BCUT2D eigenvalue weighted by Crippen LogP contribution is 2.30. The van der Waals surface area contributed by atoms with Crippen molar-refractivity contribution in [3.8, 4) is 0 Å². The highest BCUT2D eigenvalue weighted by molar-refractivity contribution is 5.28. The van der Waals surface area contributed by atoms with E-state index in [0.29, 0.717) is 5.56 Å². The van der Waals surface area contributed by atoms with Gasteiger partial charge in [-0.15, -0.1) is 0 Å². The first kappa shape index (κ1) is 13.1. The topological polar surface area (TPSA) is 20.2 Å². The van der Waals surface area contributed by atoms with E-state index in [1.54, 1.807) is 13.8 Å². The molecule has 0 amide bonds. The van der Waals surface area contributed by atoms with Crippen molar-refractivity contribution >= 4 is 0 Å². The van der Waals surface area contributed by atoms with Crippen molar-refractivity contribution in [3.05, 3.63) is 34.9 Å². The van der Waals surface area contributed by atoms with Gasteiger partial charge in [0.1, 0.15) is 11.6 Å². The monoisotopic (exact) mass is 228 g/mol. The van der Waals surface area contributed by atoms with Crippen LogP contribution in [0.1, 0.15) is 43.9 Å². The largest absolute Gasteiger partial charge is 0.388 e. The average Bonchev–Trinajstić information content (AvgIpc) is 2.24. The van der Waals surface area contributed by atoms with Crippen LogP contribution >= 0.6 is 0 Å². The van der Waals surface area contributed by atoms with Crippen LogP contribution in [0.2, 0.25) is 0 Å². The molecule has 1 nitrogen and oxygen atoms in total. The number of rotatable bonds is 4. The lowest BCUT2D eigenvalue weighted by Crippen LogP contribution is -2.13. The number of aryl methyl sites for hydroxylation is 1. The molecule has 0 aromatic heterocycles. The van der Waals surface area contributed by atoms with Gasteiger partial charge in [0, 0.05) is 0 Å². The molecule has 1 aromatic rings. The molecule has 16 heavy (non-hydrogen) atoms. The molecule has 1 rings (SSSR count). The van der Waals surface area contributed by atoms with E-state index in [0.717, 1.165) is 12.8 Å². The smallest absolute Gasteiger partial charge is 0.134 e. The predicted octanol–water partition coefficient (Wildman–Crippen LogP) is 3.74. The van der Waals surface area contributed by atoms with Gasteiger partial charge in [0.05, 0.1) is 11.7 Å². The first-order valence-corrected chi connectivity index (χ1v) is 5.61. The second-order valence-corrected chi connectivity index (χ2v) is 4.30. The van der Waals surface area contributed by atoms with Crippen LogP contribution in [0.4, 0.5) is 8.78 Å². The minimum absolute atomic E-state index is 0.143. The van der Waals surface area contributed by atoms with E-state index in [1.165, 1.54) is 12.1 Å². The van der Waals surface area contributed by atoms with Gasteiger partial charge in [-0.2, -0.15) is 0 Å². The number of benzene rings is 1. The molecular weight excluding hydrogens is 210 g/mol. The summed E-state index contributed by atoms with van der Waals surface area (Å²) in [6.07, 6.45) is 0.557. The lowest BCUT2D eigenvalue weighted by Gasteiger charge is -2.20. The lowest BCUT2D eigenvalue weighted by molar-refractivity contribution is 0.104. The third-order valence-corrected chi connectivity index (χ3v) is 2.90. The first-order chi connectivity index (χ1) is 7.49. The summed E-state index contributed by atoms with van der Waals surface area (Å²) in [6, 6.07) is 2.58. The van der Waals surface area contributed by atoms with Crippen LogP contribution in [0, 0.1) is 24.5 Å². The predicted molar refractivity (Wildman–Crippen MR) is 60.1 cm³/mol. The maximum absolute atomic E-state index is 13.7. The molecule has 1 N–H and O–H groups in total. The van der Waals surface area contributed by atoms with Crippen LogP contribution in [0.5, 0.6) is 0 Å². The zero-order chi connectivity index (χ0) is 12.3. The summed E-state index contributed by atoms with van der Waals surface area (Å²) in [7, 11) is 0. The second kappa shape index (κ2) is 5.39. The Bertz CT molecular complexity index is 363. The minimum atomic E-state index is -1.07. The Kier molecular flexibility index (Phi) is 4.42. The van der Waals surface area contributed by atoms with Crippen LogP contribution < -0.4 is 0 Å². The van der Waals surface area contributed by atoms with Gasteiger partial charge in [-0.25, -0.2) is 8.78 Å². The molecule has 0 bridgehead atoms. The number of aliphatic hydroxyl groups excluding tert-OH is 1. The van der Waals surface area contributed by atoms with Crippen LogP contribution in [0.25, 0.3) is 0 Å². The third kappa shape index (κ3) is 2.59. The van der Waals surface area contributed by atoms with E-state index in [-0.39, 0.29) is 11.5 Å². The fourth-order valence-electron chi connectivity index (χ4n) is 1.85. The van der Waals surface area contributed by atoms with E-state index < -0.39 is 17.7 Å². The molecule has 0 heterocycles. The lowest BCUT2D eigenvalue weighted by atomic mass is 9.92. The molecule has 0 aliphatic rings. The molecule has 0 spiro atoms. The van der Waals surface area contributed by atoms with Crippen molar-refractivity contribution < 1.29 is 13.9 Å². The maximum atomic E-state index is 13.7. The molecule has 90 valence electrons. The summed E-state index contributed by atoms with van der Waals surface area (Å²) >= 11 is 0. The number of aliphatic hydroxyl groups is 1. The van der Waals surface area contributed by atoms with Crippen molar-refractivity contribution in [2.24, 2.45) is 5.92 Å². The molecule has 0 fully saturated rings. The van der Waals surface area contributed by atoms with Crippen LogP contribution in [0.3, 0.4) is 0 Å². The van der Waals surface area contributed by atoms with Gasteiger partial charge >= 0.3 is 0 Å². The van der Waals surface area contributed by atoms with E-state index >= 15 is 0 Å². The van der Waals surface area contributed by atoms with Crippen LogP contribution in [-0.4, -0.2) is 5.11 Å². The van der Waals surface area contributed by atoms with Crippen molar-refractivity contribution in [1.29, 1.82) is 0 Å². The van der Waals surface area contributed by atoms with Crippen molar-refractivity contribution in [1.82, 2.24) is 0 Å². The Morgan fingerprint density at radius 1 is 1.31 bits per heavy atom. The molecule has 0 radical (unpaired) electrons. The van der Waals surface area contributed by atoms with Gasteiger partial charge in [0.2, 0.25) is 0 Å². The second-order valence-electron chi connectivity index (χ2n) is 4.30. The molecule has 2 atom stereocenters. The summed E-state index contributed by atoms with van der Waals surface area (Å²) in [4.78, 5) is 0. The summed E-state index contributed by atoms with van der Waals surface area (Å²) in [6.45, 7) is 5.34. The highest BCUT2D eigenvalue weighted by atomic mass is 19.1. The van der Waals surface area contributed by atoms with E-state index in [4.69, 9.17) is 0 Å². The normalized spacial score (nSPS) is 14.9. The summed E-state index contributed by atoms with van der Waals surface area (Å²) < 4.78 is 27.2. The average molecular weight is 228 g/mol. The van der Waals surface area contributed by atoms with Gasteiger partial charge in [0.15, 0.2) is 0 Å². The summed E-state index contributed by atoms with van der Waals surface area (Å²) in [5.74, 6) is -1.44. The molecule has 3 heteroatoms. The Balaban J connectivity index is 3.07.